The second-order valence-corrected chi connectivity index (χ2v) is 5.81. The zero-order valence-electron chi connectivity index (χ0n) is 11.7. The van der Waals surface area contributed by atoms with Gasteiger partial charge in [0.25, 0.3) is 0 Å². The summed E-state index contributed by atoms with van der Waals surface area (Å²) in [4.78, 5) is 24.3. The third kappa shape index (κ3) is 4.00. The molecule has 0 amide bonds. The van der Waals surface area contributed by atoms with Crippen molar-refractivity contribution >= 4 is 21.9 Å². The van der Waals surface area contributed by atoms with Crippen molar-refractivity contribution in [3.05, 3.63) is 46.7 Å². The largest absolute Gasteiger partial charge is 0.488 e. The van der Waals surface area contributed by atoms with Gasteiger partial charge in [-0.1, -0.05) is 0 Å². The molecule has 3 rings (SSSR count). The Balaban J connectivity index is 1.47. The second kappa shape index (κ2) is 6.83. The molecule has 1 aliphatic rings. The van der Waals surface area contributed by atoms with Gasteiger partial charge in [0, 0.05) is 22.8 Å². The predicted octanol–water partition coefficient (Wildman–Crippen LogP) is 2.75. The summed E-state index contributed by atoms with van der Waals surface area (Å²) in [7, 11) is 0. The lowest BCUT2D eigenvalue weighted by Crippen LogP contribution is -2.14. The third-order valence-electron chi connectivity index (χ3n) is 3.09. The molecule has 6 nitrogen and oxygen atoms in total. The van der Waals surface area contributed by atoms with E-state index in [1.54, 1.807) is 30.7 Å². The van der Waals surface area contributed by atoms with Crippen LogP contribution in [0.25, 0.3) is 0 Å². The zero-order chi connectivity index (χ0) is 15.4. The minimum Gasteiger partial charge on any atom is -0.488 e. The van der Waals surface area contributed by atoms with E-state index in [-0.39, 0.29) is 13.2 Å². The van der Waals surface area contributed by atoms with E-state index < -0.39 is 5.97 Å². The monoisotopic (exact) mass is 363 g/mol. The number of carbonyl (C=O) groups excluding carboxylic acids is 1. The standard InChI is InChI=1S/C15H14BrN3O3/c16-11-7-12(9-17-8-11)21-5-6-22-15(20)13-3-4-18-14(19-13)10-1-2-10/h3-4,7-10H,1-2,5-6H2. The van der Waals surface area contributed by atoms with Crippen molar-refractivity contribution in [3.8, 4) is 5.75 Å². The van der Waals surface area contributed by atoms with Crippen molar-refractivity contribution in [2.45, 2.75) is 18.8 Å². The maximum absolute atomic E-state index is 11.9. The van der Waals surface area contributed by atoms with Crippen LogP contribution in [-0.2, 0) is 4.74 Å². The van der Waals surface area contributed by atoms with Gasteiger partial charge in [0.15, 0.2) is 5.69 Å². The van der Waals surface area contributed by atoms with Crippen LogP contribution in [0.3, 0.4) is 0 Å². The van der Waals surface area contributed by atoms with Crippen LogP contribution < -0.4 is 4.74 Å². The van der Waals surface area contributed by atoms with Crippen LogP contribution >= 0.6 is 15.9 Å². The number of esters is 1. The first-order chi connectivity index (χ1) is 10.7. The Morgan fingerprint density at radius 1 is 1.32 bits per heavy atom. The molecule has 7 heteroatoms. The average molecular weight is 364 g/mol. The molecule has 2 aromatic heterocycles. The zero-order valence-corrected chi connectivity index (χ0v) is 13.3. The Hall–Kier alpha value is -2.02. The molecule has 114 valence electrons. The Kier molecular flexibility index (Phi) is 4.62. The highest BCUT2D eigenvalue weighted by molar-refractivity contribution is 9.10. The first-order valence-electron chi connectivity index (χ1n) is 6.96. The van der Waals surface area contributed by atoms with Crippen LogP contribution in [0.2, 0.25) is 0 Å². The maximum atomic E-state index is 11.9. The molecule has 1 saturated carbocycles. The molecule has 0 saturated heterocycles. The summed E-state index contributed by atoms with van der Waals surface area (Å²) >= 11 is 3.31. The van der Waals surface area contributed by atoms with Gasteiger partial charge in [-0.3, -0.25) is 4.98 Å². The number of rotatable bonds is 6. The lowest BCUT2D eigenvalue weighted by molar-refractivity contribution is 0.0443. The van der Waals surface area contributed by atoms with Crippen LogP contribution in [-0.4, -0.2) is 34.1 Å². The van der Waals surface area contributed by atoms with E-state index in [4.69, 9.17) is 9.47 Å². The van der Waals surface area contributed by atoms with Crippen LogP contribution in [0.1, 0.15) is 35.1 Å². The minimum absolute atomic E-state index is 0.147. The Morgan fingerprint density at radius 2 is 2.18 bits per heavy atom. The van der Waals surface area contributed by atoms with Gasteiger partial charge >= 0.3 is 5.97 Å². The SMILES string of the molecule is O=C(OCCOc1cncc(Br)c1)c1ccnc(C2CC2)n1. The molecule has 0 spiro atoms. The molecule has 1 aliphatic carbocycles. The molecule has 2 aromatic rings. The lowest BCUT2D eigenvalue weighted by Gasteiger charge is -2.07. The summed E-state index contributed by atoms with van der Waals surface area (Å²) in [6, 6.07) is 3.36. The normalized spacial score (nSPS) is 13.7. The smallest absolute Gasteiger partial charge is 0.357 e. The van der Waals surface area contributed by atoms with Crippen molar-refractivity contribution in [3.63, 3.8) is 0 Å². The fourth-order valence-corrected chi connectivity index (χ4v) is 2.21. The summed E-state index contributed by atoms with van der Waals surface area (Å²) < 4.78 is 11.4. The summed E-state index contributed by atoms with van der Waals surface area (Å²) in [5.41, 5.74) is 0.293. The van der Waals surface area contributed by atoms with E-state index in [1.165, 1.54) is 0 Å². The van der Waals surface area contributed by atoms with Gasteiger partial charge in [-0.05, 0) is 40.9 Å². The van der Waals surface area contributed by atoms with Gasteiger partial charge in [0.2, 0.25) is 0 Å². The fraction of sp³-hybridized carbons (Fsp3) is 0.333. The molecule has 2 heterocycles. The van der Waals surface area contributed by atoms with Crippen molar-refractivity contribution in [1.29, 1.82) is 0 Å². The average Bonchev–Trinajstić information content (AvgIpc) is 3.36. The molecule has 1 fully saturated rings. The Morgan fingerprint density at radius 3 is 2.95 bits per heavy atom. The van der Waals surface area contributed by atoms with Gasteiger partial charge in [0.1, 0.15) is 24.8 Å². The summed E-state index contributed by atoms with van der Waals surface area (Å²) in [6.45, 7) is 0.401. The molecule has 0 aliphatic heterocycles. The third-order valence-corrected chi connectivity index (χ3v) is 3.52. The number of hydrogen-bond acceptors (Lipinski definition) is 6. The highest BCUT2D eigenvalue weighted by atomic mass is 79.9. The van der Waals surface area contributed by atoms with Crippen molar-refractivity contribution < 1.29 is 14.3 Å². The van der Waals surface area contributed by atoms with Crippen LogP contribution in [0.5, 0.6) is 5.75 Å². The number of hydrogen-bond donors (Lipinski definition) is 0. The molecule has 0 radical (unpaired) electrons. The first-order valence-corrected chi connectivity index (χ1v) is 7.75. The molecule has 0 aromatic carbocycles. The van der Waals surface area contributed by atoms with Crippen molar-refractivity contribution in [2.75, 3.05) is 13.2 Å². The van der Waals surface area contributed by atoms with Gasteiger partial charge < -0.3 is 9.47 Å². The van der Waals surface area contributed by atoms with E-state index in [2.05, 4.69) is 30.9 Å². The predicted molar refractivity (Wildman–Crippen MR) is 81.7 cm³/mol. The molecule has 0 unspecified atom stereocenters. The Bertz CT molecular complexity index is 677. The van der Waals surface area contributed by atoms with Gasteiger partial charge in [-0.15, -0.1) is 0 Å². The van der Waals surface area contributed by atoms with E-state index in [1.807, 2.05) is 0 Å². The summed E-state index contributed by atoms with van der Waals surface area (Å²) in [5.74, 6) is 1.29. The van der Waals surface area contributed by atoms with Crippen LogP contribution in [0.15, 0.2) is 35.2 Å². The van der Waals surface area contributed by atoms with Crippen molar-refractivity contribution in [1.82, 2.24) is 15.0 Å². The molecule has 0 N–H and O–H groups in total. The molecule has 0 bridgehead atoms. The van der Waals surface area contributed by atoms with Crippen molar-refractivity contribution in [2.24, 2.45) is 0 Å². The highest BCUT2D eigenvalue weighted by Gasteiger charge is 2.27. The number of aromatic nitrogens is 3. The first kappa shape index (κ1) is 14.9. The summed E-state index contributed by atoms with van der Waals surface area (Å²) in [6.07, 6.45) is 7.04. The quantitative estimate of drug-likeness (QED) is 0.580. The molecule has 0 atom stereocenters. The Labute approximate surface area is 136 Å². The van der Waals surface area contributed by atoms with E-state index in [9.17, 15) is 4.79 Å². The van der Waals surface area contributed by atoms with E-state index >= 15 is 0 Å². The topological polar surface area (TPSA) is 74.2 Å². The highest BCUT2D eigenvalue weighted by Crippen LogP contribution is 2.37. The van der Waals surface area contributed by atoms with Gasteiger partial charge in [-0.25, -0.2) is 14.8 Å². The second-order valence-electron chi connectivity index (χ2n) is 4.90. The lowest BCUT2D eigenvalue weighted by atomic mass is 10.3. The molecular formula is C15H14BrN3O3. The van der Waals surface area contributed by atoms with Gasteiger partial charge in [0.05, 0.1) is 6.20 Å². The van der Waals surface area contributed by atoms with Gasteiger partial charge in [-0.2, -0.15) is 0 Å². The van der Waals surface area contributed by atoms with Crippen LogP contribution in [0, 0.1) is 0 Å². The number of nitrogens with zero attached hydrogens (tertiary/aromatic N) is 3. The number of pyridine rings is 1. The van der Waals surface area contributed by atoms with Crippen LogP contribution in [0.4, 0.5) is 0 Å². The number of carbonyl (C=O) groups is 1. The maximum Gasteiger partial charge on any atom is 0.357 e. The molecular weight excluding hydrogens is 350 g/mol. The summed E-state index contributed by atoms with van der Waals surface area (Å²) in [5, 5.41) is 0. The number of halogens is 1. The minimum atomic E-state index is -0.458. The molecule has 22 heavy (non-hydrogen) atoms. The fourth-order valence-electron chi connectivity index (χ4n) is 1.86. The number of ether oxygens (including phenoxy) is 2. The van der Waals surface area contributed by atoms with E-state index in [0.717, 1.165) is 23.1 Å². The van der Waals surface area contributed by atoms with E-state index in [0.29, 0.717) is 17.4 Å².